The van der Waals surface area contributed by atoms with Crippen LogP contribution in [-0.2, 0) is 0 Å². The topological polar surface area (TPSA) is 81.6 Å². The van der Waals surface area contributed by atoms with Gasteiger partial charge in [-0.25, -0.2) is 9.97 Å². The zero-order valence-electron chi connectivity index (χ0n) is 20.2. The molecule has 2 N–H and O–H groups in total. The molecule has 2 heterocycles. The molecule has 4 aromatic rings. The quantitative estimate of drug-likeness (QED) is 0.453. The number of nitrogens with zero attached hydrogens (tertiary/aromatic N) is 4. The second-order valence-corrected chi connectivity index (χ2v) is 9.26. The van der Waals surface area contributed by atoms with Crippen LogP contribution in [0.2, 0.25) is 0 Å². The number of hydrogen-bond acceptors (Lipinski definition) is 6. The molecule has 0 radical (unpaired) electrons. The van der Waals surface area contributed by atoms with Crippen LogP contribution in [0, 0.1) is 6.92 Å². The van der Waals surface area contributed by atoms with Crippen LogP contribution in [0.1, 0.15) is 22.3 Å². The number of aryl methyl sites for hydroxylation is 1. The molecule has 1 aromatic heterocycles. The monoisotopic (exact) mass is 467 g/mol. The summed E-state index contributed by atoms with van der Waals surface area (Å²) in [5.41, 5.74) is 4.18. The van der Waals surface area contributed by atoms with Crippen LogP contribution in [0.3, 0.4) is 0 Å². The Morgan fingerprint density at radius 3 is 2.69 bits per heavy atom. The van der Waals surface area contributed by atoms with Gasteiger partial charge in [0.25, 0.3) is 5.91 Å². The van der Waals surface area contributed by atoms with Crippen molar-refractivity contribution in [3.05, 3.63) is 77.9 Å². The van der Waals surface area contributed by atoms with Crippen molar-refractivity contribution < 1.29 is 9.90 Å². The average molecular weight is 468 g/mol. The van der Waals surface area contributed by atoms with Crippen LogP contribution >= 0.6 is 0 Å². The van der Waals surface area contributed by atoms with Gasteiger partial charge >= 0.3 is 0 Å². The molecule has 3 aromatic carbocycles. The summed E-state index contributed by atoms with van der Waals surface area (Å²) in [6.07, 6.45) is 0.822. The molecule has 7 nitrogen and oxygen atoms in total. The van der Waals surface area contributed by atoms with Crippen molar-refractivity contribution in [2.75, 3.05) is 37.0 Å². The molecule has 0 saturated carbocycles. The number of anilines is 2. The van der Waals surface area contributed by atoms with E-state index in [2.05, 4.69) is 16.3 Å². The zero-order chi connectivity index (χ0) is 24.5. The van der Waals surface area contributed by atoms with Gasteiger partial charge < -0.3 is 20.2 Å². The first-order chi connectivity index (χ1) is 16.9. The fraction of sp³-hybridized carbons (Fsp3) is 0.250. The van der Waals surface area contributed by atoms with Crippen molar-refractivity contribution >= 4 is 28.3 Å². The molecule has 0 spiro atoms. The van der Waals surface area contributed by atoms with Gasteiger partial charge in [0.05, 0.1) is 11.1 Å². The lowest BCUT2D eigenvalue weighted by Crippen LogP contribution is -2.37. The second-order valence-electron chi connectivity index (χ2n) is 9.26. The van der Waals surface area contributed by atoms with Crippen LogP contribution < -0.4 is 15.1 Å². The smallest absolute Gasteiger partial charge is 0.251 e. The van der Waals surface area contributed by atoms with Gasteiger partial charge in [-0.1, -0.05) is 24.3 Å². The molecular weight excluding hydrogens is 438 g/mol. The van der Waals surface area contributed by atoms with E-state index in [4.69, 9.17) is 9.97 Å². The fourth-order valence-electron chi connectivity index (χ4n) is 4.51. The molecule has 0 bridgehead atoms. The Labute approximate surface area is 205 Å². The standard InChI is InChI=1S/C28H29N5O2/c1-18-11-12-22-24(15-18)30-26(23-9-4-5-10-25(23)34)31-27(22)33-14-13-20(17-33)29-28(35)19-7-6-8-21(16-19)32(2)3/h4-12,15-16,20,34H,13-14,17H2,1-3H3,(H,29,35)/t20-/m1/s1. The summed E-state index contributed by atoms with van der Waals surface area (Å²) in [6.45, 7) is 3.45. The fourth-order valence-corrected chi connectivity index (χ4v) is 4.51. The molecule has 1 aliphatic heterocycles. The summed E-state index contributed by atoms with van der Waals surface area (Å²) in [5.74, 6) is 1.39. The van der Waals surface area contributed by atoms with Crippen LogP contribution in [0.25, 0.3) is 22.3 Å². The van der Waals surface area contributed by atoms with Crippen LogP contribution in [-0.4, -0.2) is 54.2 Å². The van der Waals surface area contributed by atoms with Crippen molar-refractivity contribution in [3.8, 4) is 17.1 Å². The number of hydrogen-bond donors (Lipinski definition) is 2. The minimum atomic E-state index is -0.0707. The minimum Gasteiger partial charge on any atom is -0.507 e. The van der Waals surface area contributed by atoms with Crippen molar-refractivity contribution in [1.29, 1.82) is 0 Å². The molecule has 1 aliphatic rings. The summed E-state index contributed by atoms with van der Waals surface area (Å²) >= 11 is 0. The molecule has 1 saturated heterocycles. The van der Waals surface area contributed by atoms with E-state index >= 15 is 0 Å². The zero-order valence-corrected chi connectivity index (χ0v) is 20.2. The molecule has 0 unspecified atom stereocenters. The van der Waals surface area contributed by atoms with Gasteiger partial charge in [0, 0.05) is 49.9 Å². The summed E-state index contributed by atoms with van der Waals surface area (Å²) in [5, 5.41) is 14.6. The normalized spacial score (nSPS) is 15.4. The molecule has 178 valence electrons. The third-order valence-electron chi connectivity index (χ3n) is 6.42. The predicted molar refractivity (Wildman–Crippen MR) is 140 cm³/mol. The largest absolute Gasteiger partial charge is 0.507 e. The van der Waals surface area contributed by atoms with Crippen LogP contribution in [0.4, 0.5) is 11.5 Å². The van der Waals surface area contributed by atoms with Crippen molar-refractivity contribution in [3.63, 3.8) is 0 Å². The number of phenolic OH excluding ortho intramolecular Hbond substituents is 1. The number of carbonyl (C=O) groups excluding carboxylic acids is 1. The Balaban J connectivity index is 1.42. The number of carbonyl (C=O) groups is 1. The van der Waals surface area contributed by atoms with E-state index in [0.29, 0.717) is 23.5 Å². The average Bonchev–Trinajstić information content (AvgIpc) is 3.31. The van der Waals surface area contributed by atoms with Gasteiger partial charge in [0.15, 0.2) is 5.82 Å². The van der Waals surface area contributed by atoms with E-state index in [0.717, 1.165) is 40.9 Å². The first kappa shape index (κ1) is 22.7. The van der Waals surface area contributed by atoms with E-state index < -0.39 is 0 Å². The Bertz CT molecular complexity index is 1400. The van der Waals surface area contributed by atoms with Gasteiger partial charge in [0.1, 0.15) is 11.6 Å². The minimum absolute atomic E-state index is 0.00885. The highest BCUT2D eigenvalue weighted by atomic mass is 16.3. The Kier molecular flexibility index (Phi) is 5.99. The van der Waals surface area contributed by atoms with Crippen LogP contribution in [0.5, 0.6) is 5.75 Å². The maximum atomic E-state index is 12.9. The van der Waals surface area contributed by atoms with Crippen molar-refractivity contribution in [2.45, 2.75) is 19.4 Å². The summed E-state index contributed by atoms with van der Waals surface area (Å²) < 4.78 is 0. The number of rotatable bonds is 5. The number of para-hydroxylation sites is 1. The van der Waals surface area contributed by atoms with Crippen molar-refractivity contribution in [1.82, 2.24) is 15.3 Å². The van der Waals surface area contributed by atoms with Gasteiger partial charge in [-0.2, -0.15) is 0 Å². The number of amides is 1. The summed E-state index contributed by atoms with van der Waals surface area (Å²) in [4.78, 5) is 26.8. The molecule has 5 rings (SSSR count). The third-order valence-corrected chi connectivity index (χ3v) is 6.42. The number of nitrogens with one attached hydrogen (secondary N) is 1. The summed E-state index contributed by atoms with van der Waals surface area (Å²) in [7, 11) is 3.92. The Morgan fingerprint density at radius 2 is 1.89 bits per heavy atom. The molecule has 35 heavy (non-hydrogen) atoms. The molecule has 0 aliphatic carbocycles. The maximum absolute atomic E-state index is 12.9. The third kappa shape index (κ3) is 4.62. The highest BCUT2D eigenvalue weighted by molar-refractivity contribution is 5.95. The summed E-state index contributed by atoms with van der Waals surface area (Å²) in [6, 6.07) is 20.9. The predicted octanol–water partition coefficient (Wildman–Crippen LogP) is 4.39. The van der Waals surface area contributed by atoms with Gasteiger partial charge in [-0.3, -0.25) is 4.79 Å². The Hall–Kier alpha value is -4.13. The first-order valence-electron chi connectivity index (χ1n) is 11.8. The van der Waals surface area contributed by atoms with Crippen LogP contribution in [0.15, 0.2) is 66.7 Å². The SMILES string of the molecule is Cc1ccc2c(N3CC[C@@H](NC(=O)c4cccc(N(C)C)c4)C3)nc(-c3ccccc3O)nc2c1. The number of aromatic nitrogens is 2. The van der Waals surface area contributed by atoms with Crippen molar-refractivity contribution in [2.24, 2.45) is 0 Å². The lowest BCUT2D eigenvalue weighted by Gasteiger charge is -2.21. The second kappa shape index (κ2) is 9.25. The van der Waals surface area contributed by atoms with E-state index in [1.165, 1.54) is 0 Å². The number of phenols is 1. The number of aromatic hydroxyl groups is 1. The lowest BCUT2D eigenvalue weighted by atomic mass is 10.1. The van der Waals surface area contributed by atoms with E-state index in [1.54, 1.807) is 12.1 Å². The highest BCUT2D eigenvalue weighted by Gasteiger charge is 2.27. The maximum Gasteiger partial charge on any atom is 0.251 e. The van der Waals surface area contributed by atoms with E-state index in [-0.39, 0.29) is 17.7 Å². The molecular formula is C28H29N5O2. The number of benzene rings is 3. The number of fused-ring (bicyclic) bond motifs is 1. The van der Waals surface area contributed by atoms with E-state index in [9.17, 15) is 9.90 Å². The van der Waals surface area contributed by atoms with Gasteiger partial charge in [-0.15, -0.1) is 0 Å². The Morgan fingerprint density at radius 1 is 1.06 bits per heavy atom. The molecule has 1 atom stereocenters. The highest BCUT2D eigenvalue weighted by Crippen LogP contribution is 2.33. The first-order valence-corrected chi connectivity index (χ1v) is 11.8. The molecule has 1 fully saturated rings. The molecule has 1 amide bonds. The molecule has 7 heteroatoms. The lowest BCUT2D eigenvalue weighted by molar-refractivity contribution is 0.0940. The van der Waals surface area contributed by atoms with Gasteiger partial charge in [-0.05, 0) is 61.4 Å². The van der Waals surface area contributed by atoms with E-state index in [1.807, 2.05) is 74.4 Å². The van der Waals surface area contributed by atoms with Gasteiger partial charge in [0.2, 0.25) is 0 Å².